The molecule has 2 aromatic rings. The van der Waals surface area contributed by atoms with Crippen LogP contribution in [0.3, 0.4) is 0 Å². The van der Waals surface area contributed by atoms with Crippen molar-refractivity contribution < 1.29 is 0 Å². The second-order valence-electron chi connectivity index (χ2n) is 5.57. The van der Waals surface area contributed by atoms with Crippen molar-refractivity contribution in [3.8, 4) is 0 Å². The number of hydrogen-bond donors (Lipinski definition) is 0. The highest BCUT2D eigenvalue weighted by Gasteiger charge is 2.36. The van der Waals surface area contributed by atoms with Gasteiger partial charge in [-0.25, -0.2) is 0 Å². The summed E-state index contributed by atoms with van der Waals surface area (Å²) in [5, 5.41) is 0. The average Bonchev–Trinajstić information content (AvgIpc) is 2.50. The van der Waals surface area contributed by atoms with Crippen LogP contribution < -0.4 is 0 Å². The van der Waals surface area contributed by atoms with E-state index >= 15 is 0 Å². The number of aromatic nitrogens is 1. The van der Waals surface area contributed by atoms with Gasteiger partial charge >= 0.3 is 0 Å². The van der Waals surface area contributed by atoms with Gasteiger partial charge in [-0.1, -0.05) is 24.3 Å². The van der Waals surface area contributed by atoms with Crippen LogP contribution in [-0.4, -0.2) is 10.9 Å². The van der Waals surface area contributed by atoms with E-state index in [2.05, 4.69) is 57.3 Å². The topological polar surface area (TPSA) is 12.9 Å². The van der Waals surface area contributed by atoms with Gasteiger partial charge in [0.25, 0.3) is 0 Å². The monoisotopic (exact) mass is 349 g/mol. The Bertz CT molecular complexity index is 596. The van der Waals surface area contributed by atoms with Crippen LogP contribution in [0.4, 0.5) is 0 Å². The lowest BCUT2D eigenvalue weighted by molar-refractivity contribution is 0.393. The first-order valence-electron chi connectivity index (χ1n) is 6.98. The SMILES string of the molecule is ClCC1(Cc2ccc(Br)cn2)CCCc2ccccc21. The Balaban J connectivity index is 1.98. The van der Waals surface area contributed by atoms with Crippen molar-refractivity contribution in [3.05, 3.63) is 63.9 Å². The molecule has 20 heavy (non-hydrogen) atoms. The Labute approximate surface area is 133 Å². The fourth-order valence-corrected chi connectivity index (χ4v) is 3.84. The first-order chi connectivity index (χ1) is 9.73. The van der Waals surface area contributed by atoms with Gasteiger partial charge in [-0.15, -0.1) is 11.6 Å². The first kappa shape index (κ1) is 14.1. The molecule has 0 amide bonds. The van der Waals surface area contributed by atoms with Crippen molar-refractivity contribution in [2.45, 2.75) is 31.1 Å². The summed E-state index contributed by atoms with van der Waals surface area (Å²) in [5.74, 6) is 0.655. The van der Waals surface area contributed by atoms with E-state index in [-0.39, 0.29) is 5.41 Å². The number of aryl methyl sites for hydroxylation is 1. The predicted molar refractivity (Wildman–Crippen MR) is 87.4 cm³/mol. The van der Waals surface area contributed by atoms with E-state index in [0.717, 1.165) is 23.0 Å². The molecule has 1 aromatic heterocycles. The third-order valence-corrected chi connectivity index (χ3v) is 5.23. The molecule has 1 aromatic carbocycles. The third kappa shape index (κ3) is 2.64. The summed E-state index contributed by atoms with van der Waals surface area (Å²) in [6.45, 7) is 0. The third-order valence-electron chi connectivity index (χ3n) is 4.25. The number of rotatable bonds is 3. The molecule has 1 unspecified atom stereocenters. The normalized spacial score (nSPS) is 21.5. The molecule has 104 valence electrons. The zero-order valence-corrected chi connectivity index (χ0v) is 13.6. The van der Waals surface area contributed by atoms with Gasteiger partial charge in [0, 0.05) is 34.1 Å². The van der Waals surface area contributed by atoms with E-state index in [9.17, 15) is 0 Å². The Kier molecular flexibility index (Phi) is 4.13. The highest BCUT2D eigenvalue weighted by Crippen LogP contribution is 2.40. The molecule has 0 saturated carbocycles. The van der Waals surface area contributed by atoms with Crippen molar-refractivity contribution in [3.63, 3.8) is 0 Å². The van der Waals surface area contributed by atoms with E-state index in [1.54, 1.807) is 0 Å². The lowest BCUT2D eigenvalue weighted by atomic mass is 9.68. The molecule has 0 N–H and O–H groups in total. The molecule has 1 nitrogen and oxygen atoms in total. The molecule has 1 aliphatic carbocycles. The highest BCUT2D eigenvalue weighted by molar-refractivity contribution is 9.10. The largest absolute Gasteiger partial charge is 0.260 e. The van der Waals surface area contributed by atoms with Crippen molar-refractivity contribution >= 4 is 27.5 Å². The molecule has 1 atom stereocenters. The van der Waals surface area contributed by atoms with Crippen molar-refractivity contribution in [1.82, 2.24) is 4.98 Å². The lowest BCUT2D eigenvalue weighted by Crippen LogP contribution is -2.35. The van der Waals surface area contributed by atoms with Gasteiger partial charge in [0.15, 0.2) is 0 Å². The minimum absolute atomic E-state index is 0.0389. The molecule has 0 fully saturated rings. The second kappa shape index (κ2) is 5.87. The molecule has 0 aliphatic heterocycles. The molecular formula is C17H17BrClN. The number of hydrogen-bond acceptors (Lipinski definition) is 1. The summed E-state index contributed by atoms with van der Waals surface area (Å²) in [6.07, 6.45) is 6.31. The molecule has 1 heterocycles. The Morgan fingerprint density at radius 1 is 1.20 bits per heavy atom. The van der Waals surface area contributed by atoms with Gasteiger partial charge < -0.3 is 0 Å². The van der Waals surface area contributed by atoms with Crippen molar-refractivity contribution in [2.75, 3.05) is 5.88 Å². The zero-order chi connectivity index (χ0) is 14.0. The standard InChI is InChI=1S/C17H17BrClN/c18-14-7-8-15(20-11-14)10-17(12-19)9-3-5-13-4-1-2-6-16(13)17/h1-2,4,6-8,11H,3,5,9-10,12H2. The van der Waals surface area contributed by atoms with Gasteiger partial charge in [0.1, 0.15) is 0 Å². The van der Waals surface area contributed by atoms with E-state index in [0.29, 0.717) is 5.88 Å². The summed E-state index contributed by atoms with van der Waals surface area (Å²) in [6, 6.07) is 12.9. The number of fused-ring (bicyclic) bond motifs is 1. The van der Waals surface area contributed by atoms with Crippen LogP contribution in [0, 0.1) is 0 Å². The maximum atomic E-state index is 6.41. The first-order valence-corrected chi connectivity index (χ1v) is 8.31. The lowest BCUT2D eigenvalue weighted by Gasteiger charge is -2.37. The van der Waals surface area contributed by atoms with Crippen molar-refractivity contribution in [1.29, 1.82) is 0 Å². The number of nitrogens with zero attached hydrogens (tertiary/aromatic N) is 1. The van der Waals surface area contributed by atoms with Gasteiger partial charge in [0.05, 0.1) is 0 Å². The van der Waals surface area contributed by atoms with E-state index in [4.69, 9.17) is 11.6 Å². The maximum Gasteiger partial charge on any atom is 0.0413 e. The molecule has 0 bridgehead atoms. The molecular weight excluding hydrogens is 334 g/mol. The molecule has 1 aliphatic rings. The van der Waals surface area contributed by atoms with E-state index in [1.165, 1.54) is 24.0 Å². The Morgan fingerprint density at radius 2 is 2.05 bits per heavy atom. The fraction of sp³-hybridized carbons (Fsp3) is 0.353. The zero-order valence-electron chi connectivity index (χ0n) is 11.3. The van der Waals surface area contributed by atoms with Crippen LogP contribution in [-0.2, 0) is 18.3 Å². The van der Waals surface area contributed by atoms with Crippen LogP contribution in [0.1, 0.15) is 29.7 Å². The molecule has 0 spiro atoms. The van der Waals surface area contributed by atoms with E-state index < -0.39 is 0 Å². The minimum atomic E-state index is 0.0389. The minimum Gasteiger partial charge on any atom is -0.260 e. The molecule has 3 heteroatoms. The van der Waals surface area contributed by atoms with Crippen LogP contribution in [0.5, 0.6) is 0 Å². The van der Waals surface area contributed by atoms with Gasteiger partial charge in [-0.2, -0.15) is 0 Å². The quantitative estimate of drug-likeness (QED) is 0.717. The second-order valence-corrected chi connectivity index (χ2v) is 6.75. The molecule has 0 saturated heterocycles. The van der Waals surface area contributed by atoms with E-state index in [1.807, 2.05) is 6.20 Å². The summed E-state index contributed by atoms with van der Waals surface area (Å²) < 4.78 is 1.02. The van der Waals surface area contributed by atoms with Crippen LogP contribution in [0.25, 0.3) is 0 Å². The Morgan fingerprint density at radius 3 is 2.80 bits per heavy atom. The molecule has 3 rings (SSSR count). The summed E-state index contributed by atoms with van der Waals surface area (Å²) in [7, 11) is 0. The summed E-state index contributed by atoms with van der Waals surface area (Å²) >= 11 is 9.85. The van der Waals surface area contributed by atoms with Gasteiger partial charge in [-0.05, 0) is 58.5 Å². The fourth-order valence-electron chi connectivity index (χ4n) is 3.23. The molecule has 0 radical (unpaired) electrons. The smallest absolute Gasteiger partial charge is 0.0413 e. The van der Waals surface area contributed by atoms with Crippen LogP contribution in [0.15, 0.2) is 47.1 Å². The highest BCUT2D eigenvalue weighted by atomic mass is 79.9. The van der Waals surface area contributed by atoms with Crippen LogP contribution >= 0.6 is 27.5 Å². The maximum absolute atomic E-state index is 6.41. The number of halogens is 2. The summed E-state index contributed by atoms with van der Waals surface area (Å²) in [5.41, 5.74) is 4.03. The van der Waals surface area contributed by atoms with Gasteiger partial charge in [0.2, 0.25) is 0 Å². The average molecular weight is 351 g/mol. The van der Waals surface area contributed by atoms with Crippen molar-refractivity contribution in [2.24, 2.45) is 0 Å². The predicted octanol–water partition coefficient (Wildman–Crippen LogP) is 4.90. The van der Waals surface area contributed by atoms with Gasteiger partial charge in [-0.3, -0.25) is 4.98 Å². The van der Waals surface area contributed by atoms with Crippen LogP contribution in [0.2, 0.25) is 0 Å². The number of alkyl halides is 1. The Hall–Kier alpha value is -0.860. The summed E-state index contributed by atoms with van der Waals surface area (Å²) in [4.78, 5) is 4.53. The number of pyridine rings is 1. The number of benzene rings is 1.